The summed E-state index contributed by atoms with van der Waals surface area (Å²) >= 11 is 1.39. The van der Waals surface area contributed by atoms with Crippen LogP contribution in [0, 0.1) is 0 Å². The summed E-state index contributed by atoms with van der Waals surface area (Å²) in [5.74, 6) is 0.270. The van der Waals surface area contributed by atoms with Crippen molar-refractivity contribution < 1.29 is 14.3 Å². The Morgan fingerprint density at radius 2 is 1.89 bits per heavy atom. The second-order valence-electron chi connectivity index (χ2n) is 6.42. The van der Waals surface area contributed by atoms with Crippen molar-refractivity contribution in [3.05, 3.63) is 65.7 Å². The van der Waals surface area contributed by atoms with E-state index in [-0.39, 0.29) is 11.7 Å². The Bertz CT molecular complexity index is 1040. The third-order valence-electron chi connectivity index (χ3n) is 4.63. The molecule has 5 nitrogen and oxygen atoms in total. The molecule has 27 heavy (non-hydrogen) atoms. The number of rotatable bonds is 3. The van der Waals surface area contributed by atoms with E-state index in [0.717, 1.165) is 10.4 Å². The summed E-state index contributed by atoms with van der Waals surface area (Å²) in [6, 6.07) is 16.7. The molecule has 136 valence electrons. The van der Waals surface area contributed by atoms with E-state index in [1.807, 2.05) is 36.4 Å². The summed E-state index contributed by atoms with van der Waals surface area (Å²) < 4.78 is 5.62. The average molecular weight is 378 g/mol. The highest BCUT2D eigenvalue weighted by Crippen LogP contribution is 2.37. The van der Waals surface area contributed by atoms with Gasteiger partial charge >= 0.3 is 0 Å². The van der Waals surface area contributed by atoms with Crippen LogP contribution in [0.25, 0.3) is 10.4 Å². The Balaban J connectivity index is 1.70. The number of carbonyl (C=O) groups excluding carboxylic acids is 2. The third-order valence-corrected chi connectivity index (χ3v) is 5.64. The monoisotopic (exact) mass is 378 g/mol. The van der Waals surface area contributed by atoms with Crippen LogP contribution < -0.4 is 15.4 Å². The van der Waals surface area contributed by atoms with Crippen LogP contribution in [0.5, 0.6) is 5.75 Å². The molecule has 0 radical (unpaired) electrons. The molecule has 1 aliphatic heterocycles. The van der Waals surface area contributed by atoms with Crippen molar-refractivity contribution in [3.8, 4) is 16.2 Å². The maximum absolute atomic E-state index is 13.0. The zero-order chi connectivity index (χ0) is 19.1. The number of hydrogen-bond acceptors (Lipinski definition) is 5. The number of ether oxygens (including phenoxy) is 1. The van der Waals surface area contributed by atoms with Gasteiger partial charge in [-0.2, -0.15) is 0 Å². The van der Waals surface area contributed by atoms with Crippen LogP contribution >= 0.6 is 11.3 Å². The highest BCUT2D eigenvalue weighted by molar-refractivity contribution is 7.19. The molecule has 1 atom stereocenters. The highest BCUT2D eigenvalue weighted by atomic mass is 32.1. The first-order chi connectivity index (χ1) is 13.0. The molecule has 0 saturated carbocycles. The molecule has 6 heteroatoms. The van der Waals surface area contributed by atoms with E-state index in [0.29, 0.717) is 27.6 Å². The second kappa shape index (κ2) is 6.55. The summed E-state index contributed by atoms with van der Waals surface area (Å²) in [6.07, 6.45) is -0.537. The van der Waals surface area contributed by atoms with Gasteiger partial charge in [-0.1, -0.05) is 30.3 Å². The normalized spacial score (nSPS) is 16.0. The molecular formula is C21H18N2O3S. The Hall–Kier alpha value is -3.12. The smallest absolute Gasteiger partial charge is 0.267 e. The molecule has 1 aromatic heterocycles. The fourth-order valence-electron chi connectivity index (χ4n) is 3.14. The molecule has 0 bridgehead atoms. The number of likely N-dealkylation sites (N-methyl/N-ethyl adjacent to an activating group) is 1. The molecule has 0 aliphatic carbocycles. The van der Waals surface area contributed by atoms with Crippen molar-refractivity contribution in [1.29, 1.82) is 0 Å². The summed E-state index contributed by atoms with van der Waals surface area (Å²) in [4.78, 5) is 27.6. The Kier molecular flexibility index (Phi) is 4.20. The molecule has 2 aromatic carbocycles. The van der Waals surface area contributed by atoms with Gasteiger partial charge in [-0.3, -0.25) is 9.59 Å². The van der Waals surface area contributed by atoms with Crippen LogP contribution in [0.15, 0.2) is 54.6 Å². The first kappa shape index (κ1) is 17.3. The van der Waals surface area contributed by atoms with Gasteiger partial charge in [0, 0.05) is 17.5 Å². The van der Waals surface area contributed by atoms with Gasteiger partial charge in [-0.15, -0.1) is 11.3 Å². The van der Waals surface area contributed by atoms with E-state index in [2.05, 4.69) is 0 Å². The zero-order valence-electron chi connectivity index (χ0n) is 14.9. The average Bonchev–Trinajstić information content (AvgIpc) is 3.08. The minimum atomic E-state index is -0.537. The first-order valence-corrected chi connectivity index (χ1v) is 9.35. The predicted octanol–water partition coefficient (Wildman–Crippen LogP) is 3.97. The predicted molar refractivity (Wildman–Crippen MR) is 108 cm³/mol. The van der Waals surface area contributed by atoms with Gasteiger partial charge in [0.05, 0.1) is 16.3 Å². The fourth-order valence-corrected chi connectivity index (χ4v) is 4.06. The molecule has 3 aromatic rings. The lowest BCUT2D eigenvalue weighted by Crippen LogP contribution is -2.42. The lowest BCUT2D eigenvalue weighted by atomic mass is 10.0. The molecule has 2 heterocycles. The fraction of sp³-hybridized carbons (Fsp3) is 0.143. The van der Waals surface area contributed by atoms with Crippen molar-refractivity contribution in [1.82, 2.24) is 0 Å². The number of ketones is 1. The number of carbonyl (C=O) groups is 2. The van der Waals surface area contributed by atoms with Gasteiger partial charge < -0.3 is 15.4 Å². The SMILES string of the molecule is CC1Oc2ccc(C(=O)c3cc(-c4ccccc4)sc3N)cc2N(C)C1=O. The van der Waals surface area contributed by atoms with Crippen molar-refractivity contribution in [2.75, 3.05) is 17.7 Å². The number of nitrogen functional groups attached to an aromatic ring is 1. The van der Waals surface area contributed by atoms with Crippen LogP contribution in [0.1, 0.15) is 22.8 Å². The molecule has 1 aliphatic rings. The van der Waals surface area contributed by atoms with Crippen molar-refractivity contribution >= 4 is 33.7 Å². The minimum absolute atomic E-state index is 0.145. The zero-order valence-corrected chi connectivity index (χ0v) is 15.7. The van der Waals surface area contributed by atoms with Gasteiger partial charge in [0.15, 0.2) is 11.9 Å². The van der Waals surface area contributed by atoms with Crippen molar-refractivity contribution in [3.63, 3.8) is 0 Å². The van der Waals surface area contributed by atoms with Gasteiger partial charge in [-0.25, -0.2) is 0 Å². The van der Waals surface area contributed by atoms with E-state index in [9.17, 15) is 9.59 Å². The standard InChI is InChI=1S/C21H18N2O3S/c1-12-21(25)23(2)16-10-14(8-9-17(16)26-12)19(24)15-11-18(27-20(15)22)13-6-4-3-5-7-13/h3-12H,22H2,1-2H3. The number of amides is 1. The Morgan fingerprint density at radius 1 is 1.15 bits per heavy atom. The summed E-state index contributed by atoms with van der Waals surface area (Å²) in [5.41, 5.74) is 8.67. The van der Waals surface area contributed by atoms with Crippen molar-refractivity contribution in [2.45, 2.75) is 13.0 Å². The van der Waals surface area contributed by atoms with E-state index >= 15 is 0 Å². The van der Waals surface area contributed by atoms with Crippen LogP contribution in [0.4, 0.5) is 10.7 Å². The van der Waals surface area contributed by atoms with E-state index < -0.39 is 6.10 Å². The third kappa shape index (κ3) is 2.98. The number of nitrogens with two attached hydrogens (primary N) is 1. The number of anilines is 2. The Morgan fingerprint density at radius 3 is 2.63 bits per heavy atom. The second-order valence-corrected chi connectivity index (χ2v) is 7.51. The van der Waals surface area contributed by atoms with Gasteiger partial charge in [0.1, 0.15) is 5.75 Å². The Labute approximate surface area is 161 Å². The molecule has 1 unspecified atom stereocenters. The van der Waals surface area contributed by atoms with Crippen LogP contribution in [-0.4, -0.2) is 24.8 Å². The lowest BCUT2D eigenvalue weighted by Gasteiger charge is -2.30. The maximum atomic E-state index is 13.0. The number of nitrogens with zero attached hydrogens (tertiary/aromatic N) is 1. The highest BCUT2D eigenvalue weighted by Gasteiger charge is 2.30. The lowest BCUT2D eigenvalue weighted by molar-refractivity contribution is -0.125. The summed E-state index contributed by atoms with van der Waals surface area (Å²) in [5, 5.41) is 0.478. The first-order valence-electron chi connectivity index (χ1n) is 8.53. The van der Waals surface area contributed by atoms with Crippen LogP contribution in [0.2, 0.25) is 0 Å². The molecule has 4 rings (SSSR count). The largest absolute Gasteiger partial charge is 0.479 e. The van der Waals surface area contributed by atoms with E-state index in [1.165, 1.54) is 16.2 Å². The molecule has 0 saturated heterocycles. The minimum Gasteiger partial charge on any atom is -0.479 e. The summed E-state index contributed by atoms with van der Waals surface area (Å²) in [7, 11) is 1.68. The summed E-state index contributed by atoms with van der Waals surface area (Å²) in [6.45, 7) is 1.71. The molecule has 2 N–H and O–H groups in total. The molecule has 0 fully saturated rings. The molecule has 1 amide bonds. The number of thiophene rings is 1. The van der Waals surface area contributed by atoms with E-state index in [4.69, 9.17) is 10.5 Å². The van der Waals surface area contributed by atoms with Crippen molar-refractivity contribution in [2.24, 2.45) is 0 Å². The maximum Gasteiger partial charge on any atom is 0.267 e. The molecule has 0 spiro atoms. The molecular weight excluding hydrogens is 360 g/mol. The van der Waals surface area contributed by atoms with Crippen LogP contribution in [0.3, 0.4) is 0 Å². The van der Waals surface area contributed by atoms with Crippen LogP contribution in [-0.2, 0) is 4.79 Å². The number of fused-ring (bicyclic) bond motifs is 1. The van der Waals surface area contributed by atoms with Gasteiger partial charge in [0.25, 0.3) is 5.91 Å². The number of hydrogen-bond donors (Lipinski definition) is 1. The van der Waals surface area contributed by atoms with E-state index in [1.54, 1.807) is 32.2 Å². The van der Waals surface area contributed by atoms with Gasteiger partial charge in [0.2, 0.25) is 0 Å². The quantitative estimate of drug-likeness (QED) is 0.700. The topological polar surface area (TPSA) is 72.6 Å². The van der Waals surface area contributed by atoms with Gasteiger partial charge in [-0.05, 0) is 36.8 Å². The number of benzene rings is 2.